The summed E-state index contributed by atoms with van der Waals surface area (Å²) >= 11 is 6.96. The molecular formula is C17H15Br2NO2. The van der Waals surface area contributed by atoms with Crippen LogP contribution in [0, 0.1) is 0 Å². The zero-order valence-corrected chi connectivity index (χ0v) is 15.4. The molecule has 0 aliphatic carbocycles. The van der Waals surface area contributed by atoms with E-state index >= 15 is 0 Å². The van der Waals surface area contributed by atoms with E-state index in [1.165, 1.54) is 0 Å². The second-order valence-corrected chi connectivity index (χ2v) is 6.37. The Kier molecular flexibility index (Phi) is 5.91. The highest BCUT2D eigenvalue weighted by Gasteiger charge is 2.08. The van der Waals surface area contributed by atoms with Crippen molar-refractivity contribution in [2.24, 2.45) is 4.99 Å². The third-order valence-corrected chi connectivity index (χ3v) is 4.00. The molecular weight excluding hydrogens is 410 g/mol. The van der Waals surface area contributed by atoms with E-state index in [0.29, 0.717) is 12.2 Å². The summed E-state index contributed by atoms with van der Waals surface area (Å²) in [7, 11) is 0. The smallest absolute Gasteiger partial charge is 0.159 e. The molecule has 0 fully saturated rings. The van der Waals surface area contributed by atoms with Crippen LogP contribution >= 0.6 is 31.9 Å². The number of benzene rings is 2. The van der Waals surface area contributed by atoms with E-state index in [1.807, 2.05) is 31.2 Å². The number of halogens is 2. The van der Waals surface area contributed by atoms with Crippen molar-refractivity contribution in [1.29, 1.82) is 0 Å². The standard InChI is InChI=1S/C17H15Br2NO2/c1-3-22-17-13(8-14(18)9-16(17)19)10-20-15-6-4-12(5-7-15)11(2)21/h4-10H,3H2,1-2H3. The first-order valence-corrected chi connectivity index (χ1v) is 8.36. The number of Topliss-reactive ketones (excluding diaryl/α,β-unsaturated/α-hetero) is 1. The minimum absolute atomic E-state index is 0.0464. The quantitative estimate of drug-likeness (QED) is 0.465. The molecule has 3 nitrogen and oxygen atoms in total. The van der Waals surface area contributed by atoms with Crippen molar-refractivity contribution in [1.82, 2.24) is 0 Å². The monoisotopic (exact) mass is 423 g/mol. The maximum Gasteiger partial charge on any atom is 0.159 e. The van der Waals surface area contributed by atoms with Crippen LogP contribution in [0.1, 0.15) is 29.8 Å². The van der Waals surface area contributed by atoms with Crippen LogP contribution in [0.3, 0.4) is 0 Å². The number of ketones is 1. The molecule has 0 saturated heterocycles. The van der Waals surface area contributed by atoms with Gasteiger partial charge >= 0.3 is 0 Å². The van der Waals surface area contributed by atoms with Crippen LogP contribution in [0.4, 0.5) is 5.69 Å². The molecule has 5 heteroatoms. The third kappa shape index (κ3) is 4.27. The second kappa shape index (κ2) is 7.70. The first-order valence-electron chi connectivity index (χ1n) is 6.78. The molecule has 0 saturated carbocycles. The van der Waals surface area contributed by atoms with Crippen molar-refractivity contribution in [2.45, 2.75) is 13.8 Å². The minimum Gasteiger partial charge on any atom is -0.492 e. The summed E-state index contributed by atoms with van der Waals surface area (Å²) in [6.07, 6.45) is 1.75. The summed E-state index contributed by atoms with van der Waals surface area (Å²) in [6, 6.07) is 11.1. The molecule has 114 valence electrons. The van der Waals surface area contributed by atoms with Crippen molar-refractivity contribution in [3.05, 3.63) is 56.5 Å². The normalized spacial score (nSPS) is 10.9. The minimum atomic E-state index is 0.0464. The van der Waals surface area contributed by atoms with Gasteiger partial charge in [0.25, 0.3) is 0 Å². The lowest BCUT2D eigenvalue weighted by atomic mass is 10.1. The lowest BCUT2D eigenvalue weighted by molar-refractivity contribution is 0.101. The molecule has 0 aliphatic heterocycles. The zero-order chi connectivity index (χ0) is 16.1. The molecule has 22 heavy (non-hydrogen) atoms. The Balaban J connectivity index is 2.31. The summed E-state index contributed by atoms with van der Waals surface area (Å²) in [5.41, 5.74) is 2.33. The van der Waals surface area contributed by atoms with Gasteiger partial charge in [0.15, 0.2) is 5.78 Å². The molecule has 0 bridgehead atoms. The lowest BCUT2D eigenvalue weighted by Crippen LogP contribution is -1.97. The average molecular weight is 425 g/mol. The van der Waals surface area contributed by atoms with Gasteiger partial charge in [0.05, 0.1) is 16.8 Å². The Morgan fingerprint density at radius 2 is 1.91 bits per heavy atom. The zero-order valence-electron chi connectivity index (χ0n) is 12.3. The fourth-order valence-corrected chi connectivity index (χ4v) is 3.27. The van der Waals surface area contributed by atoms with Gasteiger partial charge < -0.3 is 4.74 Å². The van der Waals surface area contributed by atoms with Crippen LogP contribution < -0.4 is 4.74 Å². The number of ether oxygens (including phenoxy) is 1. The summed E-state index contributed by atoms with van der Waals surface area (Å²) in [6.45, 7) is 4.07. The summed E-state index contributed by atoms with van der Waals surface area (Å²) < 4.78 is 7.47. The van der Waals surface area contributed by atoms with Crippen molar-refractivity contribution in [2.75, 3.05) is 6.61 Å². The van der Waals surface area contributed by atoms with E-state index < -0.39 is 0 Å². The van der Waals surface area contributed by atoms with Gasteiger partial charge in [-0.3, -0.25) is 9.79 Å². The topological polar surface area (TPSA) is 38.7 Å². The number of carbonyl (C=O) groups excluding carboxylic acids is 1. The van der Waals surface area contributed by atoms with Crippen LogP contribution in [-0.2, 0) is 0 Å². The van der Waals surface area contributed by atoms with Gasteiger partial charge in [0, 0.05) is 21.8 Å². The number of hydrogen-bond donors (Lipinski definition) is 0. The van der Waals surface area contributed by atoms with E-state index in [2.05, 4.69) is 36.9 Å². The number of rotatable bonds is 5. The van der Waals surface area contributed by atoms with E-state index in [4.69, 9.17) is 4.74 Å². The number of carbonyl (C=O) groups is 1. The molecule has 0 aromatic heterocycles. The Morgan fingerprint density at radius 1 is 1.23 bits per heavy atom. The average Bonchev–Trinajstić information content (AvgIpc) is 2.48. The molecule has 0 amide bonds. The van der Waals surface area contributed by atoms with E-state index in [9.17, 15) is 4.79 Å². The van der Waals surface area contributed by atoms with Crippen molar-refractivity contribution in [3.63, 3.8) is 0 Å². The van der Waals surface area contributed by atoms with Crippen molar-refractivity contribution < 1.29 is 9.53 Å². The Hall–Kier alpha value is -1.46. The fourth-order valence-electron chi connectivity index (χ4n) is 1.90. The molecule has 0 unspecified atom stereocenters. The van der Waals surface area contributed by atoms with Gasteiger partial charge in [-0.15, -0.1) is 0 Å². The molecule has 0 N–H and O–H groups in total. The summed E-state index contributed by atoms with van der Waals surface area (Å²) in [4.78, 5) is 15.7. The molecule has 0 heterocycles. The fraction of sp³-hybridized carbons (Fsp3) is 0.176. The largest absolute Gasteiger partial charge is 0.492 e. The highest BCUT2D eigenvalue weighted by molar-refractivity contribution is 9.11. The maximum atomic E-state index is 11.3. The Labute approximate surface area is 146 Å². The van der Waals surface area contributed by atoms with E-state index in [1.54, 1.807) is 25.3 Å². The molecule has 2 aromatic rings. The predicted molar refractivity (Wildman–Crippen MR) is 96.7 cm³/mol. The van der Waals surface area contributed by atoms with Crippen LogP contribution in [0.25, 0.3) is 0 Å². The van der Waals surface area contributed by atoms with Gasteiger partial charge in [0.2, 0.25) is 0 Å². The third-order valence-electron chi connectivity index (χ3n) is 2.95. The molecule has 0 aliphatic rings. The van der Waals surface area contributed by atoms with E-state index in [-0.39, 0.29) is 5.78 Å². The van der Waals surface area contributed by atoms with Crippen LogP contribution in [0.5, 0.6) is 5.75 Å². The van der Waals surface area contributed by atoms with Crippen LogP contribution in [0.2, 0.25) is 0 Å². The number of hydrogen-bond acceptors (Lipinski definition) is 3. The number of nitrogens with zero attached hydrogens (tertiary/aromatic N) is 1. The molecule has 2 aromatic carbocycles. The predicted octanol–water partition coefficient (Wildman–Crippen LogP) is 5.56. The van der Waals surface area contributed by atoms with Crippen molar-refractivity contribution in [3.8, 4) is 5.75 Å². The first kappa shape index (κ1) is 16.9. The van der Waals surface area contributed by atoms with Gasteiger partial charge in [-0.1, -0.05) is 15.9 Å². The van der Waals surface area contributed by atoms with Crippen molar-refractivity contribution >= 4 is 49.5 Å². The van der Waals surface area contributed by atoms with Crippen LogP contribution in [0.15, 0.2) is 50.3 Å². The van der Waals surface area contributed by atoms with Crippen LogP contribution in [-0.4, -0.2) is 18.6 Å². The molecule has 0 spiro atoms. The molecule has 0 radical (unpaired) electrons. The molecule has 2 rings (SSSR count). The lowest BCUT2D eigenvalue weighted by Gasteiger charge is -2.10. The van der Waals surface area contributed by atoms with Gasteiger partial charge in [-0.2, -0.15) is 0 Å². The van der Waals surface area contributed by atoms with E-state index in [0.717, 1.165) is 25.9 Å². The molecule has 0 atom stereocenters. The Morgan fingerprint density at radius 3 is 2.50 bits per heavy atom. The maximum absolute atomic E-state index is 11.3. The number of aliphatic imine (C=N–C) groups is 1. The summed E-state index contributed by atoms with van der Waals surface area (Å²) in [5.74, 6) is 0.805. The Bertz CT molecular complexity index is 709. The van der Waals surface area contributed by atoms with Gasteiger partial charge in [-0.05, 0) is 66.2 Å². The highest BCUT2D eigenvalue weighted by Crippen LogP contribution is 2.32. The van der Waals surface area contributed by atoms with Gasteiger partial charge in [-0.25, -0.2) is 0 Å². The highest BCUT2D eigenvalue weighted by atomic mass is 79.9. The summed E-state index contributed by atoms with van der Waals surface area (Å²) in [5, 5.41) is 0. The first-order chi connectivity index (χ1) is 10.5. The second-order valence-electron chi connectivity index (χ2n) is 4.60. The van der Waals surface area contributed by atoms with Gasteiger partial charge in [0.1, 0.15) is 5.75 Å². The SMILES string of the molecule is CCOc1c(Br)cc(Br)cc1C=Nc1ccc(C(C)=O)cc1.